The van der Waals surface area contributed by atoms with E-state index < -0.39 is 0 Å². The summed E-state index contributed by atoms with van der Waals surface area (Å²) in [6.45, 7) is 4.50. The van der Waals surface area contributed by atoms with Crippen LogP contribution in [0.3, 0.4) is 0 Å². The van der Waals surface area contributed by atoms with Gasteiger partial charge in [0.2, 0.25) is 0 Å². The molecular formula is C15H23N3. The third-order valence-corrected chi connectivity index (χ3v) is 3.62. The fraction of sp³-hybridized carbons (Fsp3) is 0.600. The standard InChI is InChI=1S/C15H23N3/c1-3-5-6-7-8-13(4-2)14-15-17-10-12-18(15)11-9-16-14/h9-13H,3-8H2,1-2H3. The molecule has 98 valence electrons. The van der Waals surface area contributed by atoms with E-state index in [4.69, 9.17) is 0 Å². The van der Waals surface area contributed by atoms with Crippen molar-refractivity contribution >= 4 is 5.65 Å². The van der Waals surface area contributed by atoms with Gasteiger partial charge >= 0.3 is 0 Å². The lowest BCUT2D eigenvalue weighted by Gasteiger charge is -2.14. The highest BCUT2D eigenvalue weighted by atomic mass is 15.0. The molecule has 0 spiro atoms. The monoisotopic (exact) mass is 245 g/mol. The number of nitrogens with zero attached hydrogens (tertiary/aromatic N) is 3. The fourth-order valence-corrected chi connectivity index (χ4v) is 2.51. The topological polar surface area (TPSA) is 30.2 Å². The molecule has 1 atom stereocenters. The van der Waals surface area contributed by atoms with Crippen molar-refractivity contribution in [1.82, 2.24) is 14.4 Å². The third-order valence-electron chi connectivity index (χ3n) is 3.62. The van der Waals surface area contributed by atoms with Gasteiger partial charge < -0.3 is 4.40 Å². The molecule has 0 aliphatic rings. The zero-order valence-electron chi connectivity index (χ0n) is 11.5. The Morgan fingerprint density at radius 3 is 2.56 bits per heavy atom. The van der Waals surface area contributed by atoms with Crippen LogP contribution < -0.4 is 0 Å². The summed E-state index contributed by atoms with van der Waals surface area (Å²) in [7, 11) is 0. The first-order valence-corrected chi connectivity index (χ1v) is 7.14. The summed E-state index contributed by atoms with van der Waals surface area (Å²) in [6, 6.07) is 0. The van der Waals surface area contributed by atoms with E-state index in [0.29, 0.717) is 5.92 Å². The van der Waals surface area contributed by atoms with E-state index >= 15 is 0 Å². The maximum atomic E-state index is 4.57. The van der Waals surface area contributed by atoms with Crippen molar-refractivity contribution in [2.75, 3.05) is 0 Å². The molecule has 2 heterocycles. The van der Waals surface area contributed by atoms with Crippen molar-refractivity contribution < 1.29 is 0 Å². The Morgan fingerprint density at radius 1 is 1.06 bits per heavy atom. The molecule has 0 aromatic carbocycles. The number of fused-ring (bicyclic) bond motifs is 1. The van der Waals surface area contributed by atoms with E-state index in [9.17, 15) is 0 Å². The lowest BCUT2D eigenvalue weighted by Crippen LogP contribution is -2.04. The average Bonchev–Trinajstić information content (AvgIpc) is 2.87. The SMILES string of the molecule is CCCCCCC(CC)c1nccn2ccnc12. The predicted molar refractivity (Wildman–Crippen MR) is 74.8 cm³/mol. The van der Waals surface area contributed by atoms with Crippen molar-refractivity contribution in [2.24, 2.45) is 0 Å². The minimum atomic E-state index is 0.549. The lowest BCUT2D eigenvalue weighted by molar-refractivity contribution is 0.534. The normalized spacial score (nSPS) is 13.0. The molecule has 0 saturated carbocycles. The molecule has 3 heteroatoms. The van der Waals surface area contributed by atoms with Crippen molar-refractivity contribution in [3.8, 4) is 0 Å². The highest BCUT2D eigenvalue weighted by molar-refractivity contribution is 5.45. The Kier molecular flexibility index (Phi) is 4.73. The molecule has 3 nitrogen and oxygen atoms in total. The second-order valence-corrected chi connectivity index (χ2v) is 4.93. The van der Waals surface area contributed by atoms with Gasteiger partial charge in [-0.1, -0.05) is 39.5 Å². The summed E-state index contributed by atoms with van der Waals surface area (Å²) in [5.41, 5.74) is 2.20. The summed E-state index contributed by atoms with van der Waals surface area (Å²) in [5.74, 6) is 0.549. The van der Waals surface area contributed by atoms with Gasteiger partial charge in [0.05, 0.1) is 5.69 Å². The molecule has 18 heavy (non-hydrogen) atoms. The second kappa shape index (κ2) is 6.53. The van der Waals surface area contributed by atoms with Gasteiger partial charge in [0, 0.05) is 30.7 Å². The quantitative estimate of drug-likeness (QED) is 0.684. The molecule has 2 aromatic rings. The van der Waals surface area contributed by atoms with Crippen LogP contribution in [0.1, 0.15) is 64.0 Å². The van der Waals surface area contributed by atoms with Crippen molar-refractivity contribution in [1.29, 1.82) is 0 Å². The molecule has 0 bridgehead atoms. The minimum absolute atomic E-state index is 0.549. The first-order chi connectivity index (χ1) is 8.86. The number of aromatic nitrogens is 3. The van der Waals surface area contributed by atoms with Crippen LogP contribution in [0.5, 0.6) is 0 Å². The second-order valence-electron chi connectivity index (χ2n) is 4.93. The maximum Gasteiger partial charge on any atom is 0.158 e. The van der Waals surface area contributed by atoms with Crippen LogP contribution in [-0.4, -0.2) is 14.4 Å². The molecule has 0 aliphatic carbocycles. The van der Waals surface area contributed by atoms with Gasteiger partial charge in [-0.25, -0.2) is 4.98 Å². The van der Waals surface area contributed by atoms with Crippen LogP contribution >= 0.6 is 0 Å². The van der Waals surface area contributed by atoms with Crippen LogP contribution in [0.2, 0.25) is 0 Å². The molecule has 0 aliphatic heterocycles. The van der Waals surface area contributed by atoms with Gasteiger partial charge in [-0.15, -0.1) is 0 Å². The highest BCUT2D eigenvalue weighted by Crippen LogP contribution is 2.26. The predicted octanol–water partition coefficient (Wildman–Crippen LogP) is 4.19. The van der Waals surface area contributed by atoms with E-state index in [-0.39, 0.29) is 0 Å². The summed E-state index contributed by atoms with van der Waals surface area (Å²) >= 11 is 0. The van der Waals surface area contributed by atoms with Gasteiger partial charge in [0.25, 0.3) is 0 Å². The van der Waals surface area contributed by atoms with Gasteiger partial charge in [-0.2, -0.15) is 0 Å². The summed E-state index contributed by atoms with van der Waals surface area (Å²) < 4.78 is 2.07. The fourth-order valence-electron chi connectivity index (χ4n) is 2.51. The van der Waals surface area contributed by atoms with E-state index in [2.05, 4.69) is 28.2 Å². The van der Waals surface area contributed by atoms with Gasteiger partial charge in [-0.05, 0) is 12.8 Å². The minimum Gasteiger partial charge on any atom is -0.304 e. The largest absolute Gasteiger partial charge is 0.304 e. The molecule has 1 unspecified atom stereocenters. The zero-order valence-corrected chi connectivity index (χ0v) is 11.5. The van der Waals surface area contributed by atoms with Crippen molar-refractivity contribution in [3.63, 3.8) is 0 Å². The summed E-state index contributed by atoms with van der Waals surface area (Å²) in [6.07, 6.45) is 15.4. The smallest absolute Gasteiger partial charge is 0.158 e. The highest BCUT2D eigenvalue weighted by Gasteiger charge is 2.14. The first-order valence-electron chi connectivity index (χ1n) is 7.14. The number of hydrogen-bond donors (Lipinski definition) is 0. The van der Waals surface area contributed by atoms with Gasteiger partial charge in [-0.3, -0.25) is 4.98 Å². The Bertz CT molecular complexity index is 475. The first kappa shape index (κ1) is 13.1. The third kappa shape index (κ3) is 2.89. The van der Waals surface area contributed by atoms with E-state index in [1.807, 2.05) is 24.8 Å². The van der Waals surface area contributed by atoms with Gasteiger partial charge in [0.15, 0.2) is 5.65 Å². The summed E-state index contributed by atoms with van der Waals surface area (Å²) in [4.78, 5) is 9.00. The van der Waals surface area contributed by atoms with Gasteiger partial charge in [0.1, 0.15) is 0 Å². The maximum absolute atomic E-state index is 4.57. The van der Waals surface area contributed by atoms with E-state index in [0.717, 1.165) is 12.1 Å². The van der Waals surface area contributed by atoms with Crippen LogP contribution in [0.25, 0.3) is 5.65 Å². The number of unbranched alkanes of at least 4 members (excludes halogenated alkanes) is 3. The molecule has 2 aromatic heterocycles. The molecule has 0 radical (unpaired) electrons. The molecule has 0 fully saturated rings. The number of hydrogen-bond acceptors (Lipinski definition) is 2. The van der Waals surface area contributed by atoms with Crippen molar-refractivity contribution in [3.05, 3.63) is 30.5 Å². The van der Waals surface area contributed by atoms with Crippen molar-refractivity contribution in [2.45, 2.75) is 58.3 Å². The van der Waals surface area contributed by atoms with Crippen LogP contribution in [0.4, 0.5) is 0 Å². The van der Waals surface area contributed by atoms with Crippen LogP contribution in [0, 0.1) is 0 Å². The van der Waals surface area contributed by atoms with E-state index in [1.54, 1.807) is 0 Å². The molecule has 0 N–H and O–H groups in total. The molecule has 2 rings (SSSR count). The van der Waals surface area contributed by atoms with Crippen LogP contribution in [0.15, 0.2) is 24.8 Å². The van der Waals surface area contributed by atoms with E-state index in [1.165, 1.54) is 37.8 Å². The summed E-state index contributed by atoms with van der Waals surface area (Å²) in [5, 5.41) is 0. The Balaban J connectivity index is 2.09. The molecule has 0 saturated heterocycles. The Labute approximate surface area is 109 Å². The van der Waals surface area contributed by atoms with Crippen LogP contribution in [-0.2, 0) is 0 Å². The number of rotatable bonds is 7. The lowest BCUT2D eigenvalue weighted by atomic mass is 9.95. The Hall–Kier alpha value is -1.38. The molecular weight excluding hydrogens is 222 g/mol. The Morgan fingerprint density at radius 2 is 1.83 bits per heavy atom. The molecule has 0 amide bonds. The average molecular weight is 245 g/mol. The number of imidazole rings is 1. The zero-order chi connectivity index (χ0) is 12.8.